The molecule has 2 atom stereocenters. The molecule has 0 aliphatic carbocycles. The summed E-state index contributed by atoms with van der Waals surface area (Å²) in [7, 11) is 0. The topological polar surface area (TPSA) is 38.5 Å². The largest absolute Gasteiger partial charge is 0.376 e. The van der Waals surface area contributed by atoms with Gasteiger partial charge in [0.25, 0.3) is 0 Å². The molecule has 0 aromatic carbocycles. The van der Waals surface area contributed by atoms with Gasteiger partial charge in [-0.05, 0) is 18.9 Å². The lowest BCUT2D eigenvalue weighted by molar-refractivity contribution is -0.0338. The van der Waals surface area contributed by atoms with Gasteiger partial charge in [0.2, 0.25) is 0 Å². The highest BCUT2D eigenvalue weighted by Gasteiger charge is 2.20. The first-order valence-electron chi connectivity index (χ1n) is 5.84. The van der Waals surface area contributed by atoms with Crippen molar-refractivity contribution in [1.82, 2.24) is 4.90 Å². The van der Waals surface area contributed by atoms with Gasteiger partial charge < -0.3 is 10.5 Å². The van der Waals surface area contributed by atoms with Gasteiger partial charge in [0.05, 0.1) is 12.7 Å². The number of rotatable bonds is 5. The molecule has 2 unspecified atom stereocenters. The summed E-state index contributed by atoms with van der Waals surface area (Å²) in [4.78, 5) is 2.50. The van der Waals surface area contributed by atoms with Crippen LogP contribution in [-0.2, 0) is 4.74 Å². The Kier molecular flexibility index (Phi) is 5.45. The molecule has 0 spiro atoms. The Bertz CT molecular complexity index is 148. The first-order valence-corrected chi connectivity index (χ1v) is 5.84. The van der Waals surface area contributed by atoms with E-state index in [1.54, 1.807) is 0 Å². The van der Waals surface area contributed by atoms with Crippen molar-refractivity contribution in [3.8, 4) is 0 Å². The van der Waals surface area contributed by atoms with E-state index >= 15 is 0 Å². The van der Waals surface area contributed by atoms with E-state index in [0.717, 1.165) is 39.2 Å². The Morgan fingerprint density at radius 2 is 2.29 bits per heavy atom. The molecule has 14 heavy (non-hydrogen) atoms. The molecule has 0 bridgehead atoms. The third kappa shape index (κ3) is 3.56. The quantitative estimate of drug-likeness (QED) is 0.722. The van der Waals surface area contributed by atoms with Gasteiger partial charge in [-0.3, -0.25) is 4.90 Å². The summed E-state index contributed by atoms with van der Waals surface area (Å²) in [5, 5.41) is 0. The van der Waals surface area contributed by atoms with Crippen LogP contribution >= 0.6 is 0 Å². The lowest BCUT2D eigenvalue weighted by Crippen LogP contribution is -2.45. The second-order valence-electron chi connectivity index (χ2n) is 4.17. The van der Waals surface area contributed by atoms with E-state index < -0.39 is 0 Å². The fourth-order valence-corrected chi connectivity index (χ4v) is 1.93. The summed E-state index contributed by atoms with van der Waals surface area (Å²) in [5.41, 5.74) is 5.71. The number of ether oxygens (including phenoxy) is 1. The number of hydrogen-bond acceptors (Lipinski definition) is 3. The van der Waals surface area contributed by atoms with E-state index in [9.17, 15) is 0 Å². The summed E-state index contributed by atoms with van der Waals surface area (Å²) in [6.45, 7) is 9.42. The number of nitrogens with two attached hydrogens (primary N) is 1. The maximum absolute atomic E-state index is 5.71. The zero-order valence-electron chi connectivity index (χ0n) is 9.54. The van der Waals surface area contributed by atoms with E-state index in [-0.39, 0.29) is 0 Å². The molecule has 0 saturated carbocycles. The summed E-state index contributed by atoms with van der Waals surface area (Å²) in [6, 6.07) is 0. The van der Waals surface area contributed by atoms with Crippen LogP contribution in [0.4, 0.5) is 0 Å². The normalized spacial score (nSPS) is 26.4. The Morgan fingerprint density at radius 3 is 2.86 bits per heavy atom. The van der Waals surface area contributed by atoms with Crippen LogP contribution in [0.15, 0.2) is 0 Å². The Labute approximate surface area is 87.6 Å². The summed E-state index contributed by atoms with van der Waals surface area (Å²) >= 11 is 0. The smallest absolute Gasteiger partial charge is 0.0700 e. The van der Waals surface area contributed by atoms with Crippen LogP contribution in [0.3, 0.4) is 0 Å². The van der Waals surface area contributed by atoms with Crippen LogP contribution in [0.25, 0.3) is 0 Å². The Morgan fingerprint density at radius 1 is 1.50 bits per heavy atom. The zero-order valence-corrected chi connectivity index (χ0v) is 9.54. The third-order valence-electron chi connectivity index (χ3n) is 3.11. The van der Waals surface area contributed by atoms with Crippen LogP contribution in [-0.4, -0.2) is 43.8 Å². The predicted octanol–water partition coefficient (Wildman–Crippen LogP) is 1.08. The van der Waals surface area contributed by atoms with Crippen molar-refractivity contribution in [1.29, 1.82) is 0 Å². The van der Waals surface area contributed by atoms with E-state index in [0.29, 0.717) is 12.0 Å². The van der Waals surface area contributed by atoms with Crippen molar-refractivity contribution >= 4 is 0 Å². The van der Waals surface area contributed by atoms with Gasteiger partial charge in [-0.15, -0.1) is 0 Å². The molecule has 1 aliphatic heterocycles. The van der Waals surface area contributed by atoms with Crippen molar-refractivity contribution in [2.24, 2.45) is 11.7 Å². The van der Waals surface area contributed by atoms with Crippen molar-refractivity contribution in [2.75, 3.05) is 32.8 Å². The van der Waals surface area contributed by atoms with E-state index in [1.807, 2.05) is 0 Å². The molecule has 2 N–H and O–H groups in total. The fraction of sp³-hybridized carbons (Fsp3) is 1.00. The highest BCUT2D eigenvalue weighted by Crippen LogP contribution is 2.11. The average molecular weight is 200 g/mol. The number of morpholine rings is 1. The van der Waals surface area contributed by atoms with Crippen LogP contribution in [0.1, 0.15) is 26.7 Å². The highest BCUT2D eigenvalue weighted by atomic mass is 16.5. The van der Waals surface area contributed by atoms with Crippen molar-refractivity contribution in [3.63, 3.8) is 0 Å². The van der Waals surface area contributed by atoms with Crippen LogP contribution in [0, 0.1) is 5.92 Å². The highest BCUT2D eigenvalue weighted by molar-refractivity contribution is 4.73. The molecule has 1 aliphatic rings. The van der Waals surface area contributed by atoms with Gasteiger partial charge in [-0.1, -0.05) is 20.3 Å². The second-order valence-corrected chi connectivity index (χ2v) is 4.17. The molecule has 0 aromatic heterocycles. The van der Waals surface area contributed by atoms with Crippen molar-refractivity contribution < 1.29 is 4.74 Å². The number of nitrogens with zero attached hydrogens (tertiary/aromatic N) is 1. The molecule has 84 valence electrons. The fourth-order valence-electron chi connectivity index (χ4n) is 1.93. The average Bonchev–Trinajstić information content (AvgIpc) is 2.26. The minimum absolute atomic E-state index is 0.444. The molecule has 3 nitrogen and oxygen atoms in total. The maximum Gasteiger partial charge on any atom is 0.0700 e. The third-order valence-corrected chi connectivity index (χ3v) is 3.11. The molecular formula is C11H24N2O. The molecule has 0 amide bonds. The van der Waals surface area contributed by atoms with E-state index in [1.165, 1.54) is 6.42 Å². The summed E-state index contributed by atoms with van der Waals surface area (Å²) in [6.07, 6.45) is 2.75. The van der Waals surface area contributed by atoms with Gasteiger partial charge >= 0.3 is 0 Å². The van der Waals surface area contributed by atoms with Crippen molar-refractivity contribution in [2.45, 2.75) is 32.8 Å². The lowest BCUT2D eigenvalue weighted by atomic mass is 10.1. The van der Waals surface area contributed by atoms with Gasteiger partial charge in [0.15, 0.2) is 0 Å². The predicted molar refractivity (Wildman–Crippen MR) is 59.3 cm³/mol. The SMILES string of the molecule is CCC(CN)CN1CCOC(CC)C1. The first-order chi connectivity index (χ1) is 6.80. The van der Waals surface area contributed by atoms with Gasteiger partial charge in [-0.2, -0.15) is 0 Å². The standard InChI is InChI=1S/C11H24N2O/c1-3-10(7-12)8-13-5-6-14-11(4-2)9-13/h10-11H,3-9,12H2,1-2H3. The molecule has 1 fully saturated rings. The first kappa shape index (κ1) is 12.0. The molecule has 1 saturated heterocycles. The second kappa shape index (κ2) is 6.38. The minimum Gasteiger partial charge on any atom is -0.376 e. The van der Waals surface area contributed by atoms with E-state index in [4.69, 9.17) is 10.5 Å². The molecule has 1 heterocycles. The summed E-state index contributed by atoms with van der Waals surface area (Å²) in [5.74, 6) is 0.658. The molecule has 0 radical (unpaired) electrons. The summed E-state index contributed by atoms with van der Waals surface area (Å²) < 4.78 is 5.63. The van der Waals surface area contributed by atoms with Gasteiger partial charge in [0.1, 0.15) is 0 Å². The minimum atomic E-state index is 0.444. The monoisotopic (exact) mass is 200 g/mol. The molecular weight excluding hydrogens is 176 g/mol. The van der Waals surface area contributed by atoms with Crippen LogP contribution in [0.5, 0.6) is 0 Å². The molecule has 1 rings (SSSR count). The Balaban J connectivity index is 2.29. The molecule has 3 heteroatoms. The van der Waals surface area contributed by atoms with Crippen LogP contribution in [0.2, 0.25) is 0 Å². The maximum atomic E-state index is 5.71. The molecule has 0 aromatic rings. The number of hydrogen-bond donors (Lipinski definition) is 1. The Hall–Kier alpha value is -0.120. The zero-order chi connectivity index (χ0) is 10.4. The van der Waals surface area contributed by atoms with Gasteiger partial charge in [0, 0.05) is 19.6 Å². The van der Waals surface area contributed by atoms with E-state index in [2.05, 4.69) is 18.7 Å². The lowest BCUT2D eigenvalue weighted by Gasteiger charge is -2.34. The van der Waals surface area contributed by atoms with Crippen molar-refractivity contribution in [3.05, 3.63) is 0 Å². The van der Waals surface area contributed by atoms with Crippen LogP contribution < -0.4 is 5.73 Å². The van der Waals surface area contributed by atoms with Gasteiger partial charge in [-0.25, -0.2) is 0 Å².